The highest BCUT2D eigenvalue weighted by Gasteiger charge is 2.10. The molecular weight excluding hydrogens is 230 g/mol. The molecule has 94 valence electrons. The van der Waals surface area contributed by atoms with Crippen LogP contribution in [0.2, 0.25) is 0 Å². The number of rotatable bonds is 4. The first-order valence-corrected chi connectivity index (χ1v) is 5.43. The largest absolute Gasteiger partial charge is 0.344 e. The highest BCUT2D eigenvalue weighted by Crippen LogP contribution is 2.02. The fourth-order valence-corrected chi connectivity index (χ4v) is 1.19. The second-order valence-electron chi connectivity index (χ2n) is 3.55. The number of hydrogen-bond donors (Lipinski definition) is 2. The van der Waals surface area contributed by atoms with E-state index in [9.17, 15) is 9.59 Å². The van der Waals surface area contributed by atoms with Gasteiger partial charge in [0, 0.05) is 6.54 Å². The molecule has 0 radical (unpaired) electrons. The molecule has 2 amide bonds. The molecule has 0 aliphatic heterocycles. The fraction of sp³-hybridized carbons (Fsp3) is 0.154. The molecule has 1 aromatic rings. The van der Waals surface area contributed by atoms with Gasteiger partial charge in [-0.15, -0.1) is 6.58 Å². The van der Waals surface area contributed by atoms with E-state index in [1.165, 1.54) is 12.3 Å². The molecule has 1 aromatic carbocycles. The summed E-state index contributed by atoms with van der Waals surface area (Å²) in [6.07, 6.45) is 2.98. The predicted molar refractivity (Wildman–Crippen MR) is 70.1 cm³/mol. The zero-order valence-electron chi connectivity index (χ0n) is 10.1. The Bertz CT molecular complexity index is 481. The Labute approximate surface area is 106 Å². The smallest absolute Gasteiger partial charge is 0.329 e. The van der Waals surface area contributed by atoms with Crippen molar-refractivity contribution in [3.63, 3.8) is 0 Å². The quantitative estimate of drug-likeness (QED) is 0.355. The topological polar surface area (TPSA) is 70.6 Å². The first-order chi connectivity index (χ1) is 8.65. The SMILES string of the molecule is C=CCNC(=O)C(=O)N/N=C\c1ccccc1C. The van der Waals surface area contributed by atoms with Crippen LogP contribution in [0.5, 0.6) is 0 Å². The Kier molecular flexibility index (Phi) is 5.31. The summed E-state index contributed by atoms with van der Waals surface area (Å²) in [5.74, 6) is -1.54. The van der Waals surface area contributed by atoms with Gasteiger partial charge < -0.3 is 5.32 Å². The van der Waals surface area contributed by atoms with Crippen molar-refractivity contribution in [2.45, 2.75) is 6.92 Å². The van der Waals surface area contributed by atoms with Gasteiger partial charge in [-0.25, -0.2) is 5.43 Å². The van der Waals surface area contributed by atoms with Gasteiger partial charge in [0.1, 0.15) is 0 Å². The van der Waals surface area contributed by atoms with Crippen LogP contribution < -0.4 is 10.7 Å². The summed E-state index contributed by atoms with van der Waals surface area (Å²) in [4.78, 5) is 22.4. The van der Waals surface area contributed by atoms with Crippen molar-refractivity contribution in [1.29, 1.82) is 0 Å². The van der Waals surface area contributed by atoms with Crippen molar-refractivity contribution in [2.75, 3.05) is 6.54 Å². The van der Waals surface area contributed by atoms with E-state index < -0.39 is 11.8 Å². The van der Waals surface area contributed by atoms with Crippen molar-refractivity contribution in [2.24, 2.45) is 5.10 Å². The third-order valence-corrected chi connectivity index (χ3v) is 2.17. The molecule has 0 unspecified atom stereocenters. The standard InChI is InChI=1S/C13H15N3O2/c1-3-8-14-12(17)13(18)16-15-9-11-7-5-4-6-10(11)2/h3-7,9H,1,8H2,2H3,(H,14,17)(H,16,18)/b15-9-. The van der Waals surface area contributed by atoms with Crippen LogP contribution in [0.4, 0.5) is 0 Å². The minimum absolute atomic E-state index is 0.244. The Morgan fingerprint density at radius 3 is 2.72 bits per heavy atom. The normalized spacial score (nSPS) is 10.1. The maximum atomic E-state index is 11.3. The van der Waals surface area contributed by atoms with Gasteiger partial charge in [0.25, 0.3) is 0 Å². The zero-order chi connectivity index (χ0) is 13.4. The van der Waals surface area contributed by atoms with Gasteiger partial charge in [-0.1, -0.05) is 30.3 Å². The van der Waals surface area contributed by atoms with Crippen LogP contribution in [0.1, 0.15) is 11.1 Å². The lowest BCUT2D eigenvalue weighted by molar-refractivity contribution is -0.139. The summed E-state index contributed by atoms with van der Waals surface area (Å²) in [6, 6.07) is 7.57. The lowest BCUT2D eigenvalue weighted by atomic mass is 10.1. The average Bonchev–Trinajstić information content (AvgIpc) is 2.38. The summed E-state index contributed by atoms with van der Waals surface area (Å²) in [6.45, 7) is 5.60. The molecule has 0 spiro atoms. The molecule has 0 fully saturated rings. The Balaban J connectivity index is 2.50. The van der Waals surface area contributed by atoms with E-state index in [4.69, 9.17) is 0 Å². The number of amides is 2. The molecule has 5 heteroatoms. The van der Waals surface area contributed by atoms with Crippen LogP contribution in [0.15, 0.2) is 42.0 Å². The third kappa shape index (κ3) is 4.21. The summed E-state index contributed by atoms with van der Waals surface area (Å²) < 4.78 is 0. The molecular formula is C13H15N3O2. The van der Waals surface area contributed by atoms with Crippen LogP contribution >= 0.6 is 0 Å². The average molecular weight is 245 g/mol. The van der Waals surface area contributed by atoms with Crippen LogP contribution in [0.3, 0.4) is 0 Å². The molecule has 0 atom stereocenters. The highest BCUT2D eigenvalue weighted by molar-refractivity contribution is 6.35. The lowest BCUT2D eigenvalue weighted by Gasteiger charge is -2.00. The molecule has 1 rings (SSSR count). The summed E-state index contributed by atoms with van der Waals surface area (Å²) in [5, 5.41) is 6.07. The lowest BCUT2D eigenvalue weighted by Crippen LogP contribution is -2.37. The number of carbonyl (C=O) groups is 2. The van der Waals surface area contributed by atoms with Gasteiger partial charge in [-0.2, -0.15) is 5.10 Å². The Morgan fingerprint density at radius 2 is 2.06 bits per heavy atom. The third-order valence-electron chi connectivity index (χ3n) is 2.17. The van der Waals surface area contributed by atoms with E-state index in [1.807, 2.05) is 31.2 Å². The number of hydrogen-bond acceptors (Lipinski definition) is 3. The van der Waals surface area contributed by atoms with Crippen molar-refractivity contribution in [1.82, 2.24) is 10.7 Å². The Hall–Kier alpha value is -2.43. The van der Waals surface area contributed by atoms with Crippen LogP contribution in [0, 0.1) is 6.92 Å². The molecule has 0 aliphatic carbocycles. The maximum Gasteiger partial charge on any atom is 0.329 e. The van der Waals surface area contributed by atoms with Gasteiger partial charge in [0.2, 0.25) is 0 Å². The zero-order valence-corrected chi connectivity index (χ0v) is 10.1. The molecule has 2 N–H and O–H groups in total. The molecule has 0 saturated heterocycles. The minimum Gasteiger partial charge on any atom is -0.344 e. The van der Waals surface area contributed by atoms with E-state index in [2.05, 4.69) is 22.4 Å². The molecule has 0 aromatic heterocycles. The molecule has 0 saturated carbocycles. The first-order valence-electron chi connectivity index (χ1n) is 5.43. The van der Waals surface area contributed by atoms with Crippen LogP contribution in [-0.2, 0) is 9.59 Å². The van der Waals surface area contributed by atoms with Gasteiger partial charge in [0.05, 0.1) is 6.21 Å². The van der Waals surface area contributed by atoms with E-state index in [0.29, 0.717) is 0 Å². The van der Waals surface area contributed by atoms with Crippen molar-refractivity contribution < 1.29 is 9.59 Å². The second kappa shape index (κ2) is 7.01. The summed E-state index contributed by atoms with van der Waals surface area (Å²) in [5.41, 5.74) is 4.06. The van der Waals surface area contributed by atoms with Crippen molar-refractivity contribution in [3.05, 3.63) is 48.0 Å². The number of nitrogens with one attached hydrogen (secondary N) is 2. The number of carbonyl (C=O) groups excluding carboxylic acids is 2. The molecule has 0 bridgehead atoms. The van der Waals surface area contributed by atoms with Crippen LogP contribution in [0.25, 0.3) is 0 Å². The summed E-state index contributed by atoms with van der Waals surface area (Å²) >= 11 is 0. The van der Waals surface area contributed by atoms with Gasteiger partial charge in [-0.3, -0.25) is 9.59 Å². The molecule has 5 nitrogen and oxygen atoms in total. The Morgan fingerprint density at radius 1 is 1.33 bits per heavy atom. The van der Waals surface area contributed by atoms with Gasteiger partial charge in [0.15, 0.2) is 0 Å². The van der Waals surface area contributed by atoms with E-state index in [0.717, 1.165) is 11.1 Å². The maximum absolute atomic E-state index is 11.3. The highest BCUT2D eigenvalue weighted by atomic mass is 16.2. The monoisotopic (exact) mass is 245 g/mol. The number of hydrazone groups is 1. The van der Waals surface area contributed by atoms with Crippen molar-refractivity contribution in [3.8, 4) is 0 Å². The second-order valence-corrected chi connectivity index (χ2v) is 3.55. The fourth-order valence-electron chi connectivity index (χ4n) is 1.19. The number of benzene rings is 1. The summed E-state index contributed by atoms with van der Waals surface area (Å²) in [7, 11) is 0. The molecule has 0 heterocycles. The number of aryl methyl sites for hydroxylation is 1. The van der Waals surface area contributed by atoms with E-state index in [1.54, 1.807) is 0 Å². The van der Waals surface area contributed by atoms with E-state index >= 15 is 0 Å². The molecule has 0 aliphatic rings. The first kappa shape index (κ1) is 13.6. The van der Waals surface area contributed by atoms with Gasteiger partial charge >= 0.3 is 11.8 Å². The van der Waals surface area contributed by atoms with Crippen LogP contribution in [-0.4, -0.2) is 24.6 Å². The number of nitrogens with zero attached hydrogens (tertiary/aromatic N) is 1. The van der Waals surface area contributed by atoms with Gasteiger partial charge in [-0.05, 0) is 18.1 Å². The van der Waals surface area contributed by atoms with E-state index in [-0.39, 0.29) is 6.54 Å². The van der Waals surface area contributed by atoms with Crippen molar-refractivity contribution >= 4 is 18.0 Å². The minimum atomic E-state index is -0.804. The molecule has 18 heavy (non-hydrogen) atoms. The predicted octanol–water partition coefficient (Wildman–Crippen LogP) is 0.747.